The first-order valence-corrected chi connectivity index (χ1v) is 6.03. The number of carbonyl (C=O) groups is 1. The summed E-state index contributed by atoms with van der Waals surface area (Å²) >= 11 is 0. The van der Waals surface area contributed by atoms with Gasteiger partial charge in [-0.2, -0.15) is 5.10 Å². The smallest absolute Gasteiger partial charge is 0.292 e. The van der Waals surface area contributed by atoms with E-state index in [4.69, 9.17) is 4.42 Å². The zero-order chi connectivity index (χ0) is 13.1. The fourth-order valence-electron chi connectivity index (χ4n) is 1.67. The van der Waals surface area contributed by atoms with Crippen LogP contribution in [0, 0.1) is 6.92 Å². The van der Waals surface area contributed by atoms with Crippen molar-refractivity contribution < 1.29 is 9.21 Å². The van der Waals surface area contributed by atoms with Crippen LogP contribution in [-0.4, -0.2) is 15.7 Å². The van der Waals surface area contributed by atoms with Crippen molar-refractivity contribution in [1.29, 1.82) is 0 Å². The molecule has 5 nitrogen and oxygen atoms in total. The van der Waals surface area contributed by atoms with Crippen molar-refractivity contribution >= 4 is 11.7 Å². The SMILES string of the molecule is CCC(C)n1nccc1NC(=O)c1ccc(C)o1. The Bertz CT molecular complexity index is 542. The van der Waals surface area contributed by atoms with E-state index >= 15 is 0 Å². The predicted molar refractivity (Wildman–Crippen MR) is 68.6 cm³/mol. The molecule has 2 heterocycles. The van der Waals surface area contributed by atoms with E-state index in [2.05, 4.69) is 24.3 Å². The maximum absolute atomic E-state index is 11.9. The molecule has 18 heavy (non-hydrogen) atoms. The minimum absolute atomic E-state index is 0.244. The van der Waals surface area contributed by atoms with Crippen LogP contribution in [-0.2, 0) is 0 Å². The average molecular weight is 247 g/mol. The van der Waals surface area contributed by atoms with Gasteiger partial charge >= 0.3 is 0 Å². The van der Waals surface area contributed by atoms with E-state index in [1.807, 2.05) is 0 Å². The number of carbonyl (C=O) groups excluding carboxylic acids is 1. The highest BCUT2D eigenvalue weighted by atomic mass is 16.3. The second kappa shape index (κ2) is 5.08. The molecular weight excluding hydrogens is 230 g/mol. The summed E-state index contributed by atoms with van der Waals surface area (Å²) in [6.45, 7) is 5.94. The van der Waals surface area contributed by atoms with Crippen LogP contribution in [0.5, 0.6) is 0 Å². The third-order valence-electron chi connectivity index (χ3n) is 2.88. The van der Waals surface area contributed by atoms with Crippen molar-refractivity contribution in [3.8, 4) is 0 Å². The molecule has 0 aliphatic heterocycles. The Morgan fingerprint density at radius 3 is 2.89 bits per heavy atom. The topological polar surface area (TPSA) is 60.1 Å². The van der Waals surface area contributed by atoms with E-state index in [0.29, 0.717) is 11.6 Å². The average Bonchev–Trinajstić information content (AvgIpc) is 2.97. The maximum atomic E-state index is 11.9. The Hall–Kier alpha value is -2.04. The second-order valence-corrected chi connectivity index (χ2v) is 4.28. The van der Waals surface area contributed by atoms with Crippen molar-refractivity contribution in [2.24, 2.45) is 0 Å². The van der Waals surface area contributed by atoms with Gasteiger partial charge in [-0.3, -0.25) is 4.79 Å². The predicted octanol–water partition coefficient (Wildman–Crippen LogP) is 3.01. The van der Waals surface area contributed by atoms with Gasteiger partial charge in [-0.25, -0.2) is 4.68 Å². The summed E-state index contributed by atoms with van der Waals surface area (Å²) < 4.78 is 7.08. The number of hydrogen-bond acceptors (Lipinski definition) is 3. The summed E-state index contributed by atoms with van der Waals surface area (Å²) in [5.74, 6) is 1.46. The summed E-state index contributed by atoms with van der Waals surface area (Å²) in [5.41, 5.74) is 0. The largest absolute Gasteiger partial charge is 0.456 e. The van der Waals surface area contributed by atoms with E-state index < -0.39 is 0 Å². The van der Waals surface area contributed by atoms with Crippen LogP contribution in [0.2, 0.25) is 0 Å². The number of nitrogens with zero attached hydrogens (tertiary/aromatic N) is 2. The molecule has 0 fully saturated rings. The maximum Gasteiger partial charge on any atom is 0.292 e. The molecule has 0 radical (unpaired) electrons. The van der Waals surface area contributed by atoms with Crippen LogP contribution in [0.25, 0.3) is 0 Å². The molecule has 0 bridgehead atoms. The van der Waals surface area contributed by atoms with Gasteiger partial charge in [0.1, 0.15) is 11.6 Å². The fourth-order valence-corrected chi connectivity index (χ4v) is 1.67. The highest BCUT2D eigenvalue weighted by Crippen LogP contribution is 2.17. The van der Waals surface area contributed by atoms with E-state index in [0.717, 1.165) is 12.2 Å². The lowest BCUT2D eigenvalue weighted by Gasteiger charge is -2.13. The van der Waals surface area contributed by atoms with Crippen molar-refractivity contribution in [2.45, 2.75) is 33.2 Å². The fraction of sp³-hybridized carbons (Fsp3) is 0.385. The van der Waals surface area contributed by atoms with Gasteiger partial charge in [0.15, 0.2) is 5.76 Å². The molecule has 0 saturated heterocycles. The second-order valence-electron chi connectivity index (χ2n) is 4.28. The molecule has 0 aliphatic carbocycles. The number of aromatic nitrogens is 2. The molecule has 0 aromatic carbocycles. The molecule has 0 spiro atoms. The number of anilines is 1. The first kappa shape index (κ1) is 12.4. The molecule has 0 saturated carbocycles. The number of nitrogens with one attached hydrogen (secondary N) is 1. The number of aryl methyl sites for hydroxylation is 1. The molecule has 2 aromatic rings. The van der Waals surface area contributed by atoms with Crippen LogP contribution in [0.4, 0.5) is 5.82 Å². The van der Waals surface area contributed by atoms with Crippen LogP contribution in [0.1, 0.15) is 42.6 Å². The zero-order valence-electron chi connectivity index (χ0n) is 10.8. The summed E-state index contributed by atoms with van der Waals surface area (Å²) in [6, 6.07) is 5.45. The van der Waals surface area contributed by atoms with Gasteiger partial charge in [0.2, 0.25) is 0 Å². The number of furan rings is 1. The number of hydrogen-bond donors (Lipinski definition) is 1. The third-order valence-corrected chi connectivity index (χ3v) is 2.88. The Kier molecular flexibility index (Phi) is 3.50. The zero-order valence-corrected chi connectivity index (χ0v) is 10.8. The van der Waals surface area contributed by atoms with Crippen molar-refractivity contribution in [3.05, 3.63) is 35.9 Å². The van der Waals surface area contributed by atoms with Gasteiger partial charge in [-0.15, -0.1) is 0 Å². The molecule has 1 atom stereocenters. The molecule has 1 unspecified atom stereocenters. The minimum atomic E-state index is -0.256. The number of rotatable bonds is 4. The lowest BCUT2D eigenvalue weighted by atomic mass is 10.3. The highest BCUT2D eigenvalue weighted by molar-refractivity contribution is 6.01. The van der Waals surface area contributed by atoms with E-state index in [-0.39, 0.29) is 11.9 Å². The molecular formula is C13H17N3O2. The van der Waals surface area contributed by atoms with Gasteiger partial charge in [0, 0.05) is 6.07 Å². The molecule has 2 rings (SSSR count). The van der Waals surface area contributed by atoms with Crippen molar-refractivity contribution in [1.82, 2.24) is 9.78 Å². The Morgan fingerprint density at radius 2 is 2.28 bits per heavy atom. The standard InChI is InChI=1S/C13H17N3O2/c1-4-9(2)16-12(7-8-14-16)15-13(17)11-6-5-10(3)18-11/h5-9H,4H2,1-3H3,(H,15,17). The first-order valence-electron chi connectivity index (χ1n) is 6.03. The van der Waals surface area contributed by atoms with Gasteiger partial charge in [-0.1, -0.05) is 6.92 Å². The first-order chi connectivity index (χ1) is 8.61. The van der Waals surface area contributed by atoms with Crippen molar-refractivity contribution in [2.75, 3.05) is 5.32 Å². The van der Waals surface area contributed by atoms with Crippen LogP contribution >= 0.6 is 0 Å². The third kappa shape index (κ3) is 2.45. The summed E-state index contributed by atoms with van der Waals surface area (Å²) in [6.07, 6.45) is 2.62. The molecule has 0 aliphatic rings. The van der Waals surface area contributed by atoms with E-state index in [9.17, 15) is 4.79 Å². The monoisotopic (exact) mass is 247 g/mol. The van der Waals surface area contributed by atoms with E-state index in [1.54, 1.807) is 36.0 Å². The van der Waals surface area contributed by atoms with Gasteiger partial charge in [0.25, 0.3) is 5.91 Å². The molecule has 2 aromatic heterocycles. The normalized spacial score (nSPS) is 12.4. The quantitative estimate of drug-likeness (QED) is 0.903. The van der Waals surface area contributed by atoms with Gasteiger partial charge < -0.3 is 9.73 Å². The summed E-state index contributed by atoms with van der Waals surface area (Å²) in [5, 5.41) is 7.01. The minimum Gasteiger partial charge on any atom is -0.456 e. The molecule has 1 amide bonds. The Morgan fingerprint density at radius 1 is 1.50 bits per heavy atom. The van der Waals surface area contributed by atoms with Gasteiger partial charge in [0.05, 0.1) is 12.2 Å². The molecule has 1 N–H and O–H groups in total. The van der Waals surface area contributed by atoms with Crippen LogP contribution < -0.4 is 5.32 Å². The number of amides is 1. The Balaban J connectivity index is 2.15. The van der Waals surface area contributed by atoms with Crippen molar-refractivity contribution in [3.63, 3.8) is 0 Å². The molecule has 5 heteroatoms. The van der Waals surface area contributed by atoms with E-state index in [1.165, 1.54) is 0 Å². The van der Waals surface area contributed by atoms with Crippen LogP contribution in [0.3, 0.4) is 0 Å². The summed E-state index contributed by atoms with van der Waals surface area (Å²) in [7, 11) is 0. The lowest BCUT2D eigenvalue weighted by Crippen LogP contribution is -2.16. The Labute approximate surface area is 106 Å². The highest BCUT2D eigenvalue weighted by Gasteiger charge is 2.14. The molecule has 96 valence electrons. The summed E-state index contributed by atoms with van der Waals surface area (Å²) in [4.78, 5) is 11.9. The van der Waals surface area contributed by atoms with Gasteiger partial charge in [-0.05, 0) is 32.4 Å². The van der Waals surface area contributed by atoms with Crippen LogP contribution in [0.15, 0.2) is 28.8 Å². The lowest BCUT2D eigenvalue weighted by molar-refractivity contribution is 0.0994.